The number of fused-ring (bicyclic) bond motifs is 1. The molecule has 0 unspecified atom stereocenters. The van der Waals surface area contributed by atoms with Crippen molar-refractivity contribution in [1.82, 2.24) is 4.98 Å². The molecule has 2 aromatic carbocycles. The molecule has 0 N–H and O–H groups in total. The first-order valence-electron chi connectivity index (χ1n) is 6.73. The van der Waals surface area contributed by atoms with Crippen molar-refractivity contribution in [2.24, 2.45) is 0 Å². The van der Waals surface area contributed by atoms with Gasteiger partial charge < -0.3 is 4.74 Å². The highest BCUT2D eigenvalue weighted by atomic mass is 32.1. The fourth-order valence-corrected chi connectivity index (χ4v) is 3.08. The van der Waals surface area contributed by atoms with Crippen LogP contribution in [0.5, 0.6) is 5.75 Å². The Kier molecular flexibility index (Phi) is 3.85. The summed E-state index contributed by atoms with van der Waals surface area (Å²) in [7, 11) is 0. The lowest BCUT2D eigenvalue weighted by Crippen LogP contribution is -2.02. The number of benzene rings is 2. The topological polar surface area (TPSA) is 45.9 Å². The molecule has 3 aromatic rings. The van der Waals surface area contributed by atoms with Crippen LogP contribution >= 0.6 is 11.3 Å². The Balaban J connectivity index is 1.82. The van der Waals surface area contributed by atoms with E-state index in [4.69, 9.17) is 10.00 Å². The van der Waals surface area contributed by atoms with Gasteiger partial charge in [-0.15, -0.1) is 11.3 Å². The second-order valence-corrected chi connectivity index (χ2v) is 5.67. The smallest absolute Gasteiger partial charge is 0.127 e. The zero-order chi connectivity index (χ0) is 14.7. The molecule has 0 amide bonds. The Morgan fingerprint density at radius 3 is 2.71 bits per heavy atom. The summed E-state index contributed by atoms with van der Waals surface area (Å²) in [5.41, 5.74) is 3.62. The van der Waals surface area contributed by atoms with Gasteiger partial charge >= 0.3 is 0 Å². The first-order chi connectivity index (χ1) is 10.3. The second kappa shape index (κ2) is 5.94. The van der Waals surface area contributed by atoms with Gasteiger partial charge in [-0.2, -0.15) is 5.26 Å². The Morgan fingerprint density at radius 2 is 2.00 bits per heavy atom. The fraction of sp³-hybridized carbons (Fsp3) is 0.176. The number of rotatable bonds is 4. The first kappa shape index (κ1) is 13.6. The molecule has 0 spiro atoms. The summed E-state index contributed by atoms with van der Waals surface area (Å²) in [6.07, 6.45) is 0.852. The summed E-state index contributed by atoms with van der Waals surface area (Å²) in [6, 6.07) is 13.8. The van der Waals surface area contributed by atoms with Crippen LogP contribution in [0.4, 0.5) is 0 Å². The average Bonchev–Trinajstić information content (AvgIpc) is 2.93. The zero-order valence-corrected chi connectivity index (χ0v) is 12.5. The maximum Gasteiger partial charge on any atom is 0.127 e. The Labute approximate surface area is 127 Å². The van der Waals surface area contributed by atoms with Gasteiger partial charge in [-0.3, -0.25) is 0 Å². The third-order valence-corrected chi connectivity index (χ3v) is 4.43. The van der Waals surface area contributed by atoms with E-state index in [0.29, 0.717) is 12.2 Å². The molecular formula is C17H14N2OS. The van der Waals surface area contributed by atoms with Crippen molar-refractivity contribution in [2.75, 3.05) is 6.61 Å². The number of aromatic nitrogens is 1. The molecule has 104 valence electrons. The summed E-state index contributed by atoms with van der Waals surface area (Å²) in [6.45, 7) is 2.63. The van der Waals surface area contributed by atoms with Crippen molar-refractivity contribution in [3.05, 3.63) is 58.0 Å². The maximum atomic E-state index is 9.16. The number of ether oxygens (including phenoxy) is 1. The Morgan fingerprint density at radius 1 is 1.19 bits per heavy atom. The van der Waals surface area contributed by atoms with Crippen LogP contribution in [0.25, 0.3) is 10.8 Å². The number of hydrogen-bond acceptors (Lipinski definition) is 4. The van der Waals surface area contributed by atoms with E-state index in [-0.39, 0.29) is 0 Å². The van der Waals surface area contributed by atoms with Crippen LogP contribution in [0.2, 0.25) is 0 Å². The molecule has 0 radical (unpaired) electrons. The monoisotopic (exact) mass is 294 g/mol. The van der Waals surface area contributed by atoms with Crippen LogP contribution in [0.1, 0.15) is 16.1 Å². The standard InChI is InChI=1S/C17H14N2OS/c1-12-17(21-11-19-12)8-9-20-16-7-6-13(10-18)14-4-2-3-5-15(14)16/h2-7,11H,8-9H2,1H3. The summed E-state index contributed by atoms with van der Waals surface area (Å²) in [5, 5.41) is 11.1. The van der Waals surface area contributed by atoms with Crippen molar-refractivity contribution < 1.29 is 4.74 Å². The van der Waals surface area contributed by atoms with Gasteiger partial charge in [0.2, 0.25) is 0 Å². The van der Waals surface area contributed by atoms with Gasteiger partial charge in [0.1, 0.15) is 5.75 Å². The summed E-state index contributed by atoms with van der Waals surface area (Å²) >= 11 is 1.66. The van der Waals surface area contributed by atoms with Crippen LogP contribution in [0.3, 0.4) is 0 Å². The molecule has 1 aromatic heterocycles. The van der Waals surface area contributed by atoms with E-state index in [1.807, 2.05) is 48.8 Å². The minimum atomic E-state index is 0.610. The molecule has 0 atom stereocenters. The lowest BCUT2D eigenvalue weighted by molar-refractivity contribution is 0.326. The summed E-state index contributed by atoms with van der Waals surface area (Å²) in [4.78, 5) is 5.50. The molecule has 3 rings (SSSR count). The molecule has 0 saturated heterocycles. The van der Waals surface area contributed by atoms with Crippen LogP contribution in [-0.2, 0) is 6.42 Å². The van der Waals surface area contributed by atoms with E-state index in [0.717, 1.165) is 28.6 Å². The Hall–Kier alpha value is -2.38. The summed E-state index contributed by atoms with van der Waals surface area (Å²) in [5.74, 6) is 0.826. The lowest BCUT2D eigenvalue weighted by atomic mass is 10.0. The highest BCUT2D eigenvalue weighted by Crippen LogP contribution is 2.28. The van der Waals surface area contributed by atoms with Gasteiger partial charge in [0.25, 0.3) is 0 Å². The molecule has 0 aliphatic carbocycles. The van der Waals surface area contributed by atoms with Crippen LogP contribution in [0, 0.1) is 18.3 Å². The van der Waals surface area contributed by atoms with Crippen molar-refractivity contribution in [1.29, 1.82) is 5.26 Å². The van der Waals surface area contributed by atoms with Crippen molar-refractivity contribution >= 4 is 22.1 Å². The highest BCUT2D eigenvalue weighted by molar-refractivity contribution is 7.09. The number of nitriles is 1. The van der Waals surface area contributed by atoms with E-state index in [9.17, 15) is 0 Å². The van der Waals surface area contributed by atoms with Crippen molar-refractivity contribution in [3.63, 3.8) is 0 Å². The van der Waals surface area contributed by atoms with E-state index in [1.54, 1.807) is 11.3 Å². The molecule has 0 fully saturated rings. The molecule has 0 saturated carbocycles. The minimum absolute atomic E-state index is 0.610. The minimum Gasteiger partial charge on any atom is -0.493 e. The van der Waals surface area contributed by atoms with Gasteiger partial charge in [0.05, 0.1) is 29.4 Å². The number of hydrogen-bond donors (Lipinski definition) is 0. The predicted octanol–water partition coefficient (Wildman–Crippen LogP) is 4.10. The molecule has 4 heteroatoms. The van der Waals surface area contributed by atoms with Crippen molar-refractivity contribution in [2.45, 2.75) is 13.3 Å². The molecular weight excluding hydrogens is 280 g/mol. The first-order valence-corrected chi connectivity index (χ1v) is 7.61. The largest absolute Gasteiger partial charge is 0.493 e. The van der Waals surface area contributed by atoms with E-state index < -0.39 is 0 Å². The SMILES string of the molecule is Cc1ncsc1CCOc1ccc(C#N)c2ccccc12. The quantitative estimate of drug-likeness (QED) is 0.728. The Bertz CT molecular complexity index is 817. The highest BCUT2D eigenvalue weighted by Gasteiger charge is 2.07. The molecule has 0 bridgehead atoms. The normalized spacial score (nSPS) is 10.5. The molecule has 0 aliphatic heterocycles. The molecule has 3 nitrogen and oxygen atoms in total. The van der Waals surface area contributed by atoms with Gasteiger partial charge in [0, 0.05) is 22.1 Å². The van der Waals surface area contributed by atoms with Crippen LogP contribution in [-0.4, -0.2) is 11.6 Å². The third kappa shape index (κ3) is 2.74. The predicted molar refractivity (Wildman–Crippen MR) is 84.7 cm³/mol. The third-order valence-electron chi connectivity index (χ3n) is 3.44. The van der Waals surface area contributed by atoms with E-state index in [1.165, 1.54) is 4.88 Å². The van der Waals surface area contributed by atoms with E-state index >= 15 is 0 Å². The van der Waals surface area contributed by atoms with Crippen LogP contribution < -0.4 is 4.74 Å². The zero-order valence-electron chi connectivity index (χ0n) is 11.7. The summed E-state index contributed by atoms with van der Waals surface area (Å²) < 4.78 is 5.92. The van der Waals surface area contributed by atoms with Gasteiger partial charge in [0.15, 0.2) is 0 Å². The lowest BCUT2D eigenvalue weighted by Gasteiger charge is -2.10. The number of thiazole rings is 1. The fourth-order valence-electron chi connectivity index (χ4n) is 2.31. The van der Waals surface area contributed by atoms with Crippen LogP contribution in [0.15, 0.2) is 41.9 Å². The number of aryl methyl sites for hydroxylation is 1. The van der Waals surface area contributed by atoms with Crippen molar-refractivity contribution in [3.8, 4) is 11.8 Å². The average molecular weight is 294 g/mol. The van der Waals surface area contributed by atoms with Gasteiger partial charge in [-0.1, -0.05) is 24.3 Å². The number of nitrogens with zero attached hydrogens (tertiary/aromatic N) is 2. The van der Waals surface area contributed by atoms with E-state index in [2.05, 4.69) is 11.1 Å². The second-order valence-electron chi connectivity index (χ2n) is 4.73. The molecule has 21 heavy (non-hydrogen) atoms. The molecule has 0 aliphatic rings. The maximum absolute atomic E-state index is 9.16. The molecule has 1 heterocycles. The van der Waals surface area contributed by atoms with Gasteiger partial charge in [-0.25, -0.2) is 4.98 Å². The van der Waals surface area contributed by atoms with Gasteiger partial charge in [-0.05, 0) is 19.1 Å².